The van der Waals surface area contributed by atoms with E-state index in [2.05, 4.69) is 34.7 Å². The van der Waals surface area contributed by atoms with Crippen LogP contribution in [-0.2, 0) is 0 Å². The molecule has 5 heteroatoms. The van der Waals surface area contributed by atoms with Crippen molar-refractivity contribution in [2.45, 2.75) is 33.2 Å². The number of benzene rings is 1. The lowest BCUT2D eigenvalue weighted by Gasteiger charge is -2.11. The van der Waals surface area contributed by atoms with Crippen LogP contribution in [0.5, 0.6) is 0 Å². The summed E-state index contributed by atoms with van der Waals surface area (Å²) in [6.07, 6.45) is 0.997. The number of hydrogen-bond acceptors (Lipinski definition) is 4. The lowest BCUT2D eigenvalue weighted by atomic mass is 10.2. The molecular formula is C16H20N4O. The Bertz CT molecular complexity index is 610. The molecule has 0 fully saturated rings. The van der Waals surface area contributed by atoms with Crippen LogP contribution in [0.15, 0.2) is 36.4 Å². The molecule has 0 spiro atoms. The summed E-state index contributed by atoms with van der Waals surface area (Å²) in [5.74, 6) is 0.416. The molecule has 1 atom stereocenters. The standard InChI is InChI=1S/C16H20N4O/c1-4-12(3)17-15-9-8-14(19-20-15)16(21)18-13-7-5-6-11(2)10-13/h5-10,12H,4H2,1-3H3,(H,17,20)(H,18,21). The third-order valence-electron chi connectivity index (χ3n) is 3.18. The second kappa shape index (κ2) is 6.83. The molecule has 1 aromatic heterocycles. The summed E-state index contributed by atoms with van der Waals surface area (Å²) in [4.78, 5) is 12.1. The highest BCUT2D eigenvalue weighted by molar-refractivity contribution is 6.02. The van der Waals surface area contributed by atoms with Crippen molar-refractivity contribution in [2.75, 3.05) is 10.6 Å². The number of carbonyl (C=O) groups excluding carboxylic acids is 1. The van der Waals surface area contributed by atoms with Crippen molar-refractivity contribution in [3.05, 3.63) is 47.7 Å². The molecule has 1 unspecified atom stereocenters. The monoisotopic (exact) mass is 284 g/mol. The predicted octanol–water partition coefficient (Wildman–Crippen LogP) is 3.25. The van der Waals surface area contributed by atoms with E-state index in [9.17, 15) is 4.79 Å². The van der Waals surface area contributed by atoms with Crippen LogP contribution in [0.3, 0.4) is 0 Å². The minimum absolute atomic E-state index is 0.261. The fourth-order valence-corrected chi connectivity index (χ4v) is 1.80. The molecule has 2 aromatic rings. The first-order valence-corrected chi connectivity index (χ1v) is 7.06. The summed E-state index contributed by atoms with van der Waals surface area (Å²) >= 11 is 0. The van der Waals surface area contributed by atoms with Crippen LogP contribution in [0.25, 0.3) is 0 Å². The normalized spacial score (nSPS) is 11.8. The maximum Gasteiger partial charge on any atom is 0.276 e. The van der Waals surface area contributed by atoms with Crippen LogP contribution in [0.1, 0.15) is 36.3 Å². The van der Waals surface area contributed by atoms with Gasteiger partial charge < -0.3 is 10.6 Å². The summed E-state index contributed by atoms with van der Waals surface area (Å²) in [6, 6.07) is 11.4. The molecule has 2 rings (SSSR count). The van der Waals surface area contributed by atoms with Gasteiger partial charge in [0.25, 0.3) is 5.91 Å². The summed E-state index contributed by atoms with van der Waals surface area (Å²) in [6.45, 7) is 6.14. The zero-order valence-corrected chi connectivity index (χ0v) is 12.6. The summed E-state index contributed by atoms with van der Waals surface area (Å²) in [5.41, 5.74) is 2.14. The van der Waals surface area contributed by atoms with Gasteiger partial charge in [-0.1, -0.05) is 19.1 Å². The van der Waals surface area contributed by atoms with Gasteiger partial charge in [0, 0.05) is 11.7 Å². The highest BCUT2D eigenvalue weighted by Gasteiger charge is 2.09. The van der Waals surface area contributed by atoms with Crippen molar-refractivity contribution < 1.29 is 4.79 Å². The van der Waals surface area contributed by atoms with Gasteiger partial charge in [-0.25, -0.2) is 0 Å². The minimum Gasteiger partial charge on any atom is -0.366 e. The molecule has 1 amide bonds. The highest BCUT2D eigenvalue weighted by atomic mass is 16.1. The first kappa shape index (κ1) is 15.0. The van der Waals surface area contributed by atoms with E-state index < -0.39 is 0 Å². The molecular weight excluding hydrogens is 264 g/mol. The van der Waals surface area contributed by atoms with Gasteiger partial charge in [-0.2, -0.15) is 0 Å². The Morgan fingerprint density at radius 2 is 2.05 bits per heavy atom. The number of amides is 1. The Morgan fingerprint density at radius 3 is 2.67 bits per heavy atom. The number of aryl methyl sites for hydroxylation is 1. The molecule has 5 nitrogen and oxygen atoms in total. The molecule has 110 valence electrons. The van der Waals surface area contributed by atoms with Gasteiger partial charge in [0.15, 0.2) is 5.69 Å². The Morgan fingerprint density at radius 1 is 1.24 bits per heavy atom. The van der Waals surface area contributed by atoms with Gasteiger partial charge in [0.2, 0.25) is 0 Å². The van der Waals surface area contributed by atoms with Crippen LogP contribution < -0.4 is 10.6 Å². The SMILES string of the molecule is CCC(C)Nc1ccc(C(=O)Nc2cccc(C)c2)nn1. The number of anilines is 2. The molecule has 1 aromatic carbocycles. The van der Waals surface area contributed by atoms with E-state index in [0.717, 1.165) is 17.7 Å². The fourth-order valence-electron chi connectivity index (χ4n) is 1.80. The van der Waals surface area contributed by atoms with Crippen molar-refractivity contribution in [3.63, 3.8) is 0 Å². The zero-order chi connectivity index (χ0) is 15.2. The lowest BCUT2D eigenvalue weighted by molar-refractivity contribution is 0.102. The zero-order valence-electron chi connectivity index (χ0n) is 12.6. The molecule has 0 aliphatic carbocycles. The quantitative estimate of drug-likeness (QED) is 0.884. The Hall–Kier alpha value is -2.43. The second-order valence-corrected chi connectivity index (χ2v) is 5.08. The number of aromatic nitrogens is 2. The molecule has 0 aliphatic rings. The summed E-state index contributed by atoms with van der Waals surface area (Å²) in [5, 5.41) is 14.0. The van der Waals surface area contributed by atoms with Gasteiger partial charge in [0.05, 0.1) is 0 Å². The van der Waals surface area contributed by atoms with Gasteiger partial charge in [0.1, 0.15) is 5.82 Å². The fraction of sp³-hybridized carbons (Fsp3) is 0.312. The molecule has 0 saturated heterocycles. The first-order chi connectivity index (χ1) is 10.1. The van der Waals surface area contributed by atoms with Crippen LogP contribution >= 0.6 is 0 Å². The lowest BCUT2D eigenvalue weighted by Crippen LogP contribution is -2.17. The maximum absolute atomic E-state index is 12.1. The van der Waals surface area contributed by atoms with E-state index in [1.807, 2.05) is 31.2 Å². The van der Waals surface area contributed by atoms with E-state index in [1.165, 1.54) is 0 Å². The van der Waals surface area contributed by atoms with E-state index in [1.54, 1.807) is 12.1 Å². The van der Waals surface area contributed by atoms with Gasteiger partial charge in [-0.05, 0) is 50.1 Å². The number of nitrogens with zero attached hydrogens (tertiary/aromatic N) is 2. The summed E-state index contributed by atoms with van der Waals surface area (Å²) in [7, 11) is 0. The molecule has 2 N–H and O–H groups in total. The van der Waals surface area contributed by atoms with E-state index >= 15 is 0 Å². The third-order valence-corrected chi connectivity index (χ3v) is 3.18. The Kier molecular flexibility index (Phi) is 4.87. The second-order valence-electron chi connectivity index (χ2n) is 5.08. The molecule has 21 heavy (non-hydrogen) atoms. The van der Waals surface area contributed by atoms with Crippen molar-refractivity contribution in [2.24, 2.45) is 0 Å². The first-order valence-electron chi connectivity index (χ1n) is 7.06. The van der Waals surface area contributed by atoms with E-state index in [0.29, 0.717) is 17.6 Å². The number of rotatable bonds is 5. The van der Waals surface area contributed by atoms with Crippen LogP contribution in [0.2, 0.25) is 0 Å². The van der Waals surface area contributed by atoms with Gasteiger partial charge in [-0.15, -0.1) is 10.2 Å². The predicted molar refractivity (Wildman–Crippen MR) is 84.5 cm³/mol. The number of hydrogen-bond donors (Lipinski definition) is 2. The average Bonchev–Trinajstić information content (AvgIpc) is 2.47. The minimum atomic E-state index is -0.261. The number of nitrogens with one attached hydrogen (secondary N) is 2. The number of carbonyl (C=O) groups is 1. The van der Waals surface area contributed by atoms with Crippen LogP contribution in [0, 0.1) is 6.92 Å². The van der Waals surface area contributed by atoms with Gasteiger partial charge in [-0.3, -0.25) is 4.79 Å². The van der Waals surface area contributed by atoms with E-state index in [4.69, 9.17) is 0 Å². The van der Waals surface area contributed by atoms with Crippen LogP contribution in [0.4, 0.5) is 11.5 Å². The molecule has 1 heterocycles. The Labute approximate surface area is 124 Å². The van der Waals surface area contributed by atoms with Crippen molar-refractivity contribution in [3.8, 4) is 0 Å². The Balaban J connectivity index is 2.03. The molecule has 0 radical (unpaired) electrons. The van der Waals surface area contributed by atoms with Crippen molar-refractivity contribution in [1.29, 1.82) is 0 Å². The van der Waals surface area contributed by atoms with Crippen LogP contribution in [-0.4, -0.2) is 22.1 Å². The molecule has 0 bridgehead atoms. The maximum atomic E-state index is 12.1. The van der Waals surface area contributed by atoms with Crippen molar-refractivity contribution in [1.82, 2.24) is 10.2 Å². The third kappa shape index (κ3) is 4.27. The van der Waals surface area contributed by atoms with Crippen molar-refractivity contribution >= 4 is 17.4 Å². The largest absolute Gasteiger partial charge is 0.366 e. The summed E-state index contributed by atoms with van der Waals surface area (Å²) < 4.78 is 0. The topological polar surface area (TPSA) is 66.9 Å². The average molecular weight is 284 g/mol. The smallest absolute Gasteiger partial charge is 0.276 e. The van der Waals surface area contributed by atoms with E-state index in [-0.39, 0.29) is 5.91 Å². The highest BCUT2D eigenvalue weighted by Crippen LogP contribution is 2.11. The molecule has 0 aliphatic heterocycles. The van der Waals surface area contributed by atoms with Gasteiger partial charge >= 0.3 is 0 Å². The molecule has 0 saturated carbocycles.